The Morgan fingerprint density at radius 3 is 1.67 bits per heavy atom. The quantitative estimate of drug-likeness (QED) is 0.316. The van der Waals surface area contributed by atoms with Gasteiger partial charge >= 0.3 is 0 Å². The Kier molecular flexibility index (Phi) is 9.33. The molecule has 0 spiro atoms. The van der Waals surface area contributed by atoms with Gasteiger partial charge in [0.1, 0.15) is 6.10 Å². The van der Waals surface area contributed by atoms with Gasteiger partial charge < -0.3 is 13.6 Å². The molecule has 5 heteroatoms. The van der Waals surface area contributed by atoms with Crippen molar-refractivity contribution < 1.29 is 13.6 Å². The lowest BCUT2D eigenvalue weighted by atomic mass is 10.0. The van der Waals surface area contributed by atoms with Gasteiger partial charge in [0.25, 0.3) is 0 Å². The van der Waals surface area contributed by atoms with Crippen molar-refractivity contribution >= 4 is 16.6 Å². The molecule has 2 aromatic carbocycles. The highest BCUT2D eigenvalue weighted by atomic mass is 28.4. The molecule has 2 aromatic rings. The van der Waals surface area contributed by atoms with Crippen LogP contribution in [0, 0.1) is 0 Å². The Bertz CT molecular complexity index is 837. The molecule has 0 radical (unpaired) electrons. The lowest BCUT2D eigenvalue weighted by molar-refractivity contribution is -0.0644. The van der Waals surface area contributed by atoms with Crippen molar-refractivity contribution in [1.82, 2.24) is 0 Å². The van der Waals surface area contributed by atoms with E-state index in [1.165, 1.54) is 0 Å². The van der Waals surface area contributed by atoms with Crippen molar-refractivity contribution in [3.05, 3.63) is 71.8 Å². The van der Waals surface area contributed by atoms with Crippen LogP contribution in [0.4, 0.5) is 0 Å². The Labute approximate surface area is 205 Å². The molecule has 0 heterocycles. The van der Waals surface area contributed by atoms with E-state index < -0.39 is 16.6 Å². The SMILES string of the molecule is CC(C)(C)[Si](C)(C)OCC(OCc1ccccc1)C(O[Si](C)(C)C(C)(C)C)c1ccccc1. The van der Waals surface area contributed by atoms with Crippen molar-refractivity contribution in [3.63, 3.8) is 0 Å². The van der Waals surface area contributed by atoms with Crippen molar-refractivity contribution in [1.29, 1.82) is 0 Å². The molecule has 0 aliphatic carbocycles. The zero-order chi connectivity index (χ0) is 24.9. The summed E-state index contributed by atoms with van der Waals surface area (Å²) in [5.41, 5.74) is 2.31. The van der Waals surface area contributed by atoms with E-state index in [1.807, 2.05) is 6.07 Å². The summed E-state index contributed by atoms with van der Waals surface area (Å²) in [7, 11) is -4.00. The summed E-state index contributed by atoms with van der Waals surface area (Å²) in [4.78, 5) is 0. The molecule has 184 valence electrons. The molecule has 2 rings (SSSR count). The Morgan fingerprint density at radius 1 is 0.697 bits per heavy atom. The lowest BCUT2D eigenvalue weighted by Gasteiger charge is -2.43. The van der Waals surface area contributed by atoms with Crippen LogP contribution in [-0.4, -0.2) is 29.3 Å². The largest absolute Gasteiger partial charge is 0.414 e. The normalized spacial score (nSPS) is 15.3. The van der Waals surface area contributed by atoms with E-state index in [4.69, 9.17) is 13.6 Å². The van der Waals surface area contributed by atoms with Gasteiger partial charge in [0.2, 0.25) is 0 Å². The van der Waals surface area contributed by atoms with Gasteiger partial charge in [-0.2, -0.15) is 0 Å². The molecule has 0 N–H and O–H groups in total. The fourth-order valence-electron chi connectivity index (χ4n) is 3.00. The van der Waals surface area contributed by atoms with E-state index in [2.05, 4.69) is 122 Å². The van der Waals surface area contributed by atoms with Gasteiger partial charge in [-0.1, -0.05) is 102 Å². The first-order chi connectivity index (χ1) is 15.1. The van der Waals surface area contributed by atoms with Crippen LogP contribution in [0.1, 0.15) is 58.8 Å². The average Bonchev–Trinajstić information content (AvgIpc) is 2.72. The van der Waals surface area contributed by atoms with E-state index in [-0.39, 0.29) is 22.3 Å². The van der Waals surface area contributed by atoms with Gasteiger partial charge in [0.05, 0.1) is 19.3 Å². The maximum Gasteiger partial charge on any atom is 0.193 e. The zero-order valence-corrected chi connectivity index (χ0v) is 24.6. The van der Waals surface area contributed by atoms with Crippen molar-refractivity contribution in [3.8, 4) is 0 Å². The second-order valence-electron chi connectivity index (χ2n) is 12.1. The highest BCUT2D eigenvalue weighted by Gasteiger charge is 2.43. The van der Waals surface area contributed by atoms with E-state index in [0.717, 1.165) is 11.1 Å². The second kappa shape index (κ2) is 11.0. The van der Waals surface area contributed by atoms with Gasteiger partial charge in [-0.15, -0.1) is 0 Å². The number of rotatable bonds is 10. The van der Waals surface area contributed by atoms with Crippen molar-refractivity contribution in [2.24, 2.45) is 0 Å². The molecule has 2 unspecified atom stereocenters. The van der Waals surface area contributed by atoms with Crippen LogP contribution in [0.25, 0.3) is 0 Å². The summed E-state index contributed by atoms with van der Waals surface area (Å²) < 4.78 is 20.3. The number of hydrogen-bond acceptors (Lipinski definition) is 3. The standard InChI is InChI=1S/C28H46O3Si2/c1-27(2,3)32(7,8)30-22-25(29-21-23-17-13-11-14-18-23)26(24-19-15-12-16-20-24)31-33(9,10)28(4,5)6/h11-20,25-26H,21-22H2,1-10H3. The van der Waals surface area contributed by atoms with E-state index in [9.17, 15) is 0 Å². The minimum absolute atomic E-state index is 0.101. The second-order valence-corrected chi connectivity index (χ2v) is 21.7. The summed E-state index contributed by atoms with van der Waals surface area (Å²) >= 11 is 0. The lowest BCUT2D eigenvalue weighted by Crippen LogP contribution is -2.47. The monoisotopic (exact) mass is 486 g/mol. The summed E-state index contributed by atoms with van der Waals surface area (Å²) in [5.74, 6) is 0. The number of hydrogen-bond donors (Lipinski definition) is 0. The van der Waals surface area contributed by atoms with Crippen LogP contribution in [0.2, 0.25) is 36.3 Å². The van der Waals surface area contributed by atoms with E-state index in [0.29, 0.717) is 13.2 Å². The summed E-state index contributed by atoms with van der Waals surface area (Å²) in [6, 6.07) is 20.9. The van der Waals surface area contributed by atoms with Crippen LogP contribution < -0.4 is 0 Å². The zero-order valence-electron chi connectivity index (χ0n) is 22.6. The Hall–Kier alpha value is -1.25. The van der Waals surface area contributed by atoms with Gasteiger partial charge in [-0.3, -0.25) is 0 Å². The first-order valence-electron chi connectivity index (χ1n) is 12.2. The predicted molar refractivity (Wildman–Crippen MR) is 146 cm³/mol. The molecule has 0 aliphatic heterocycles. The van der Waals surface area contributed by atoms with E-state index in [1.54, 1.807) is 0 Å². The molecule has 0 aromatic heterocycles. The molecular weight excluding hydrogens is 440 g/mol. The maximum absolute atomic E-state index is 7.04. The highest BCUT2D eigenvalue weighted by molar-refractivity contribution is 6.74. The Morgan fingerprint density at radius 2 is 1.18 bits per heavy atom. The first-order valence-corrected chi connectivity index (χ1v) is 18.0. The molecule has 2 atom stereocenters. The molecule has 0 saturated carbocycles. The molecule has 0 aliphatic rings. The average molecular weight is 487 g/mol. The fraction of sp³-hybridized carbons (Fsp3) is 0.571. The number of benzene rings is 2. The van der Waals surface area contributed by atoms with E-state index >= 15 is 0 Å². The molecule has 0 amide bonds. The fourth-order valence-corrected chi connectivity index (χ4v) is 5.29. The first kappa shape index (κ1) is 28.0. The minimum Gasteiger partial charge on any atom is -0.414 e. The number of ether oxygens (including phenoxy) is 1. The third kappa shape index (κ3) is 7.89. The topological polar surface area (TPSA) is 27.7 Å². The van der Waals surface area contributed by atoms with Crippen molar-refractivity contribution in [2.75, 3.05) is 6.61 Å². The Balaban J connectivity index is 2.39. The van der Waals surface area contributed by atoms with Gasteiger partial charge in [-0.25, -0.2) is 0 Å². The molecule has 0 fully saturated rings. The van der Waals surface area contributed by atoms with Crippen LogP contribution in [0.3, 0.4) is 0 Å². The third-order valence-electron chi connectivity index (χ3n) is 7.42. The summed E-state index contributed by atoms with van der Waals surface area (Å²) in [6.07, 6.45) is -0.378. The minimum atomic E-state index is -2.06. The molecule has 3 nitrogen and oxygen atoms in total. The van der Waals surface area contributed by atoms with Gasteiger partial charge in [-0.05, 0) is 47.4 Å². The van der Waals surface area contributed by atoms with Crippen LogP contribution in [0.15, 0.2) is 60.7 Å². The summed E-state index contributed by atoms with van der Waals surface area (Å²) in [5, 5.41) is 0.240. The molecule has 0 bridgehead atoms. The molecule has 33 heavy (non-hydrogen) atoms. The summed E-state index contributed by atoms with van der Waals surface area (Å²) in [6.45, 7) is 24.0. The molecule has 0 saturated heterocycles. The van der Waals surface area contributed by atoms with Crippen LogP contribution in [0.5, 0.6) is 0 Å². The smallest absolute Gasteiger partial charge is 0.193 e. The van der Waals surface area contributed by atoms with Gasteiger partial charge in [0.15, 0.2) is 16.6 Å². The van der Waals surface area contributed by atoms with Gasteiger partial charge in [0, 0.05) is 0 Å². The molecular formula is C28H46O3Si2. The maximum atomic E-state index is 7.04. The third-order valence-corrected chi connectivity index (χ3v) is 16.4. The highest BCUT2D eigenvalue weighted by Crippen LogP contribution is 2.42. The van der Waals surface area contributed by atoms with Crippen LogP contribution >= 0.6 is 0 Å². The predicted octanol–water partition coefficient (Wildman–Crippen LogP) is 8.36. The van der Waals surface area contributed by atoms with Crippen molar-refractivity contribution in [2.45, 2.75) is 96.6 Å². The van der Waals surface area contributed by atoms with Crippen LogP contribution in [-0.2, 0) is 20.2 Å².